The lowest BCUT2D eigenvalue weighted by molar-refractivity contribution is 0.0749. The van der Waals surface area contributed by atoms with E-state index in [0.717, 1.165) is 5.69 Å². The molecule has 0 unspecified atom stereocenters. The molecule has 0 aromatic carbocycles. The zero-order valence-electron chi connectivity index (χ0n) is 5.46. The molecule has 9 heavy (non-hydrogen) atoms. The highest BCUT2D eigenvalue weighted by molar-refractivity contribution is 7.03. The number of aliphatic hydroxyl groups is 1. The van der Waals surface area contributed by atoms with Crippen LogP contribution in [0.1, 0.15) is 19.5 Å². The molecule has 0 atom stereocenters. The van der Waals surface area contributed by atoms with E-state index in [9.17, 15) is 5.11 Å². The fourth-order valence-electron chi connectivity index (χ4n) is 0.528. The predicted octanol–water partition coefficient (Wildman–Crippen LogP) is 1.37. The summed E-state index contributed by atoms with van der Waals surface area (Å²) in [4.78, 5) is 0. The largest absolute Gasteiger partial charge is 0.384 e. The van der Waals surface area contributed by atoms with Gasteiger partial charge < -0.3 is 5.11 Å². The molecular weight excluding hydrogens is 134 g/mol. The molecule has 0 aliphatic heterocycles. The maximum Gasteiger partial charge on any atom is 0.102 e. The highest BCUT2D eigenvalue weighted by Crippen LogP contribution is 2.17. The number of rotatable bonds is 1. The van der Waals surface area contributed by atoms with E-state index in [1.165, 1.54) is 11.5 Å². The first-order valence-electron chi connectivity index (χ1n) is 2.74. The van der Waals surface area contributed by atoms with Crippen LogP contribution >= 0.6 is 11.5 Å². The number of hydrogen-bond donors (Lipinski definition) is 1. The van der Waals surface area contributed by atoms with Gasteiger partial charge in [0.15, 0.2) is 0 Å². The van der Waals surface area contributed by atoms with Crippen LogP contribution < -0.4 is 0 Å². The standard InChI is InChI=1S/C6H9NOS/c1-6(2,8)5-3-4-9-7-5/h3-4,8H,1-2H3. The maximum atomic E-state index is 9.32. The normalized spacial score (nSPS) is 11.9. The second-order valence-corrected chi connectivity index (χ2v) is 3.11. The van der Waals surface area contributed by atoms with E-state index in [1.54, 1.807) is 13.8 Å². The molecule has 0 fully saturated rings. The van der Waals surface area contributed by atoms with Gasteiger partial charge in [-0.25, -0.2) is 0 Å². The van der Waals surface area contributed by atoms with Crippen molar-refractivity contribution in [2.24, 2.45) is 0 Å². The molecule has 3 heteroatoms. The van der Waals surface area contributed by atoms with Gasteiger partial charge in [0.1, 0.15) is 5.60 Å². The van der Waals surface area contributed by atoms with Crippen LogP contribution in [0.25, 0.3) is 0 Å². The Kier molecular flexibility index (Phi) is 1.55. The second-order valence-electron chi connectivity index (χ2n) is 2.44. The summed E-state index contributed by atoms with van der Waals surface area (Å²) in [6.07, 6.45) is 0. The SMILES string of the molecule is CC(C)(O)c1ccsn1. The zero-order chi connectivity index (χ0) is 6.91. The minimum atomic E-state index is -0.778. The van der Waals surface area contributed by atoms with Crippen LogP contribution in [-0.4, -0.2) is 9.48 Å². The second kappa shape index (κ2) is 2.08. The summed E-state index contributed by atoms with van der Waals surface area (Å²) in [5.41, 5.74) is -0.0347. The fraction of sp³-hybridized carbons (Fsp3) is 0.500. The molecule has 1 aromatic rings. The lowest BCUT2D eigenvalue weighted by Crippen LogP contribution is -2.15. The summed E-state index contributed by atoms with van der Waals surface area (Å²) in [6.45, 7) is 3.45. The van der Waals surface area contributed by atoms with E-state index in [4.69, 9.17) is 0 Å². The van der Waals surface area contributed by atoms with E-state index < -0.39 is 5.60 Å². The molecule has 1 N–H and O–H groups in total. The van der Waals surface area contributed by atoms with Crippen molar-refractivity contribution < 1.29 is 5.11 Å². The Bertz CT molecular complexity index is 175. The van der Waals surface area contributed by atoms with Crippen LogP contribution in [0, 0.1) is 0 Å². The molecule has 0 amide bonds. The van der Waals surface area contributed by atoms with Gasteiger partial charge in [-0.1, -0.05) is 0 Å². The Hall–Kier alpha value is -0.410. The molecule has 0 radical (unpaired) electrons. The first-order valence-corrected chi connectivity index (χ1v) is 3.57. The Morgan fingerprint density at radius 3 is 2.56 bits per heavy atom. The molecular formula is C6H9NOS. The van der Waals surface area contributed by atoms with Crippen molar-refractivity contribution >= 4 is 11.5 Å². The molecule has 50 valence electrons. The van der Waals surface area contributed by atoms with Gasteiger partial charge in [0.2, 0.25) is 0 Å². The molecule has 0 bridgehead atoms. The van der Waals surface area contributed by atoms with E-state index >= 15 is 0 Å². The smallest absolute Gasteiger partial charge is 0.102 e. The molecule has 0 saturated heterocycles. The van der Waals surface area contributed by atoms with Gasteiger partial charge in [-0.15, -0.1) is 0 Å². The molecule has 1 heterocycles. The molecule has 0 aliphatic carbocycles. The van der Waals surface area contributed by atoms with Gasteiger partial charge in [0.25, 0.3) is 0 Å². The van der Waals surface area contributed by atoms with Crippen LogP contribution in [-0.2, 0) is 5.60 Å². The molecule has 1 rings (SSSR count). The van der Waals surface area contributed by atoms with Crippen molar-refractivity contribution in [2.75, 3.05) is 0 Å². The molecule has 1 aromatic heterocycles. The van der Waals surface area contributed by atoms with E-state index in [-0.39, 0.29) is 0 Å². The van der Waals surface area contributed by atoms with Crippen LogP contribution in [0.2, 0.25) is 0 Å². The Morgan fingerprint density at radius 2 is 2.33 bits per heavy atom. The highest BCUT2D eigenvalue weighted by Gasteiger charge is 2.17. The number of hydrogen-bond acceptors (Lipinski definition) is 3. The molecule has 0 saturated carbocycles. The third-order valence-electron chi connectivity index (χ3n) is 1.06. The van der Waals surface area contributed by atoms with Gasteiger partial charge in [0, 0.05) is 5.38 Å². The highest BCUT2D eigenvalue weighted by atomic mass is 32.1. The third-order valence-corrected chi connectivity index (χ3v) is 1.62. The van der Waals surface area contributed by atoms with Crippen molar-refractivity contribution in [3.8, 4) is 0 Å². The maximum absolute atomic E-state index is 9.32. The third kappa shape index (κ3) is 1.50. The summed E-state index contributed by atoms with van der Waals surface area (Å²) in [6, 6.07) is 1.82. The number of aromatic nitrogens is 1. The first kappa shape index (κ1) is 6.71. The zero-order valence-corrected chi connectivity index (χ0v) is 6.27. The lowest BCUT2D eigenvalue weighted by atomic mass is 10.1. The van der Waals surface area contributed by atoms with Gasteiger partial charge >= 0.3 is 0 Å². The average molecular weight is 143 g/mol. The molecule has 0 spiro atoms. The van der Waals surface area contributed by atoms with Crippen LogP contribution in [0.3, 0.4) is 0 Å². The van der Waals surface area contributed by atoms with Crippen molar-refractivity contribution in [1.29, 1.82) is 0 Å². The van der Waals surface area contributed by atoms with Gasteiger partial charge in [-0.3, -0.25) is 0 Å². The number of nitrogens with zero attached hydrogens (tertiary/aromatic N) is 1. The predicted molar refractivity (Wildman–Crippen MR) is 37.4 cm³/mol. The minimum Gasteiger partial charge on any atom is -0.384 e. The molecule has 2 nitrogen and oxygen atoms in total. The summed E-state index contributed by atoms with van der Waals surface area (Å²) in [7, 11) is 0. The minimum absolute atomic E-state index is 0.743. The monoisotopic (exact) mass is 143 g/mol. The Labute approximate surface area is 58.3 Å². The summed E-state index contributed by atoms with van der Waals surface area (Å²) < 4.78 is 3.98. The van der Waals surface area contributed by atoms with Crippen LogP contribution in [0.5, 0.6) is 0 Å². The average Bonchev–Trinajstić information content (AvgIpc) is 2.08. The van der Waals surface area contributed by atoms with Crippen molar-refractivity contribution in [3.63, 3.8) is 0 Å². The first-order chi connectivity index (χ1) is 4.11. The Balaban J connectivity index is 2.90. The van der Waals surface area contributed by atoms with Crippen LogP contribution in [0.15, 0.2) is 11.4 Å². The van der Waals surface area contributed by atoms with Crippen LogP contribution in [0.4, 0.5) is 0 Å². The van der Waals surface area contributed by atoms with Crippen molar-refractivity contribution in [3.05, 3.63) is 17.1 Å². The van der Waals surface area contributed by atoms with Gasteiger partial charge in [0.05, 0.1) is 5.69 Å². The topological polar surface area (TPSA) is 33.1 Å². The van der Waals surface area contributed by atoms with E-state index in [1.807, 2.05) is 11.4 Å². The Morgan fingerprint density at radius 1 is 1.67 bits per heavy atom. The summed E-state index contributed by atoms with van der Waals surface area (Å²) in [5.74, 6) is 0. The van der Waals surface area contributed by atoms with E-state index in [2.05, 4.69) is 4.37 Å². The van der Waals surface area contributed by atoms with Crippen molar-refractivity contribution in [2.45, 2.75) is 19.4 Å². The molecule has 0 aliphatic rings. The summed E-state index contributed by atoms with van der Waals surface area (Å²) in [5, 5.41) is 11.2. The van der Waals surface area contributed by atoms with Crippen molar-refractivity contribution in [1.82, 2.24) is 4.37 Å². The fourth-order valence-corrected chi connectivity index (χ4v) is 1.18. The summed E-state index contributed by atoms with van der Waals surface area (Å²) >= 11 is 1.36. The van der Waals surface area contributed by atoms with Gasteiger partial charge in [-0.2, -0.15) is 4.37 Å². The van der Waals surface area contributed by atoms with Gasteiger partial charge in [-0.05, 0) is 31.4 Å². The lowest BCUT2D eigenvalue weighted by Gasteiger charge is -2.12. The quantitative estimate of drug-likeness (QED) is 0.644. The van der Waals surface area contributed by atoms with E-state index in [0.29, 0.717) is 0 Å².